The summed E-state index contributed by atoms with van der Waals surface area (Å²) in [6, 6.07) is 6.92. The first-order valence-electron chi connectivity index (χ1n) is 5.09. The summed E-state index contributed by atoms with van der Waals surface area (Å²) in [4.78, 5) is 0. The van der Waals surface area contributed by atoms with Gasteiger partial charge in [0.1, 0.15) is 5.82 Å². The fraction of sp³-hybridized carbons (Fsp3) is 0.500. The van der Waals surface area contributed by atoms with E-state index in [4.69, 9.17) is 0 Å². The molecule has 1 unspecified atom stereocenters. The van der Waals surface area contributed by atoms with Gasteiger partial charge in [-0.15, -0.1) is 0 Å². The Kier molecular flexibility index (Phi) is 5.16. The molecule has 0 bridgehead atoms. The first-order chi connectivity index (χ1) is 6.77. The fourth-order valence-electron chi connectivity index (χ4n) is 1.54. The summed E-state index contributed by atoms with van der Waals surface area (Å²) in [6.07, 6.45) is 3.52. The molecule has 0 nitrogen and oxygen atoms in total. The predicted molar refractivity (Wildman–Crippen MR) is 62.5 cm³/mol. The number of unbranched alkanes of at least 4 members (excludes halogenated alkanes) is 1. The van der Waals surface area contributed by atoms with E-state index < -0.39 is 0 Å². The Bertz CT molecular complexity index is 273. The van der Waals surface area contributed by atoms with Gasteiger partial charge in [0, 0.05) is 5.33 Å². The van der Waals surface area contributed by atoms with E-state index in [1.54, 1.807) is 12.1 Å². The van der Waals surface area contributed by atoms with Crippen molar-refractivity contribution in [2.45, 2.75) is 32.1 Å². The van der Waals surface area contributed by atoms with Gasteiger partial charge in [-0.1, -0.05) is 47.8 Å². The van der Waals surface area contributed by atoms with Crippen molar-refractivity contribution in [3.8, 4) is 0 Å². The Morgan fingerprint density at radius 3 is 2.79 bits per heavy atom. The molecule has 0 N–H and O–H groups in total. The van der Waals surface area contributed by atoms with Crippen molar-refractivity contribution in [1.82, 2.24) is 0 Å². The van der Waals surface area contributed by atoms with Crippen LogP contribution in [-0.2, 0) is 0 Å². The number of benzene rings is 1. The Balaban J connectivity index is 2.68. The zero-order chi connectivity index (χ0) is 10.4. The molecule has 0 fully saturated rings. The average molecular weight is 259 g/mol. The maximum atomic E-state index is 13.0. The van der Waals surface area contributed by atoms with Crippen LogP contribution in [0.4, 0.5) is 4.39 Å². The van der Waals surface area contributed by atoms with Gasteiger partial charge in [0.05, 0.1) is 0 Å². The van der Waals surface area contributed by atoms with Gasteiger partial charge in [0.2, 0.25) is 0 Å². The monoisotopic (exact) mass is 258 g/mol. The second kappa shape index (κ2) is 6.18. The first kappa shape index (κ1) is 11.7. The number of halogens is 2. The van der Waals surface area contributed by atoms with Crippen LogP contribution in [0.3, 0.4) is 0 Å². The molecular formula is C12H16BrF. The topological polar surface area (TPSA) is 0 Å². The normalized spacial score (nSPS) is 12.8. The molecule has 78 valence electrons. The molecule has 0 saturated heterocycles. The minimum absolute atomic E-state index is 0.134. The lowest BCUT2D eigenvalue weighted by molar-refractivity contribution is 0.606. The molecule has 1 aromatic carbocycles. The van der Waals surface area contributed by atoms with Gasteiger partial charge in [-0.2, -0.15) is 0 Å². The highest BCUT2D eigenvalue weighted by molar-refractivity contribution is 9.09. The van der Waals surface area contributed by atoms with Crippen molar-refractivity contribution in [3.63, 3.8) is 0 Å². The third-order valence-electron chi connectivity index (χ3n) is 2.41. The van der Waals surface area contributed by atoms with E-state index in [9.17, 15) is 4.39 Å². The standard InChI is InChI=1S/C12H16BrF/c1-2-3-5-11(9-13)10-6-4-7-12(14)8-10/h4,6-8,11H,2-3,5,9H2,1H3. The summed E-state index contributed by atoms with van der Waals surface area (Å²) < 4.78 is 13.0. The van der Waals surface area contributed by atoms with Crippen LogP contribution < -0.4 is 0 Å². The van der Waals surface area contributed by atoms with Crippen LogP contribution in [0.1, 0.15) is 37.7 Å². The van der Waals surface area contributed by atoms with Gasteiger partial charge in [-0.3, -0.25) is 0 Å². The minimum atomic E-state index is -0.134. The molecule has 0 aromatic heterocycles. The SMILES string of the molecule is CCCCC(CBr)c1cccc(F)c1. The van der Waals surface area contributed by atoms with E-state index in [-0.39, 0.29) is 5.82 Å². The Labute approximate surface area is 93.7 Å². The molecule has 1 atom stereocenters. The van der Waals surface area contributed by atoms with Crippen LogP contribution in [0, 0.1) is 5.82 Å². The van der Waals surface area contributed by atoms with Crippen LogP contribution in [0.15, 0.2) is 24.3 Å². The molecule has 2 heteroatoms. The lowest BCUT2D eigenvalue weighted by Gasteiger charge is -2.13. The van der Waals surface area contributed by atoms with Crippen LogP contribution in [0.2, 0.25) is 0 Å². The van der Waals surface area contributed by atoms with Gasteiger partial charge in [-0.05, 0) is 30.0 Å². The molecule has 0 aliphatic carbocycles. The maximum Gasteiger partial charge on any atom is 0.123 e. The summed E-state index contributed by atoms with van der Waals surface area (Å²) in [5.74, 6) is 0.315. The largest absolute Gasteiger partial charge is 0.207 e. The second-order valence-electron chi connectivity index (χ2n) is 3.55. The highest BCUT2D eigenvalue weighted by Crippen LogP contribution is 2.24. The zero-order valence-electron chi connectivity index (χ0n) is 8.47. The molecule has 0 amide bonds. The maximum absolute atomic E-state index is 13.0. The molecule has 0 radical (unpaired) electrons. The van der Waals surface area contributed by atoms with Crippen molar-refractivity contribution in [2.24, 2.45) is 0 Å². The summed E-state index contributed by atoms with van der Waals surface area (Å²) in [7, 11) is 0. The van der Waals surface area contributed by atoms with Crippen molar-refractivity contribution >= 4 is 15.9 Å². The van der Waals surface area contributed by atoms with E-state index in [1.165, 1.54) is 18.9 Å². The van der Waals surface area contributed by atoms with Gasteiger partial charge in [-0.25, -0.2) is 4.39 Å². The molecule has 0 aliphatic heterocycles. The third kappa shape index (κ3) is 3.41. The van der Waals surface area contributed by atoms with E-state index >= 15 is 0 Å². The van der Waals surface area contributed by atoms with E-state index in [0.29, 0.717) is 5.92 Å². The molecule has 0 saturated carbocycles. The number of alkyl halides is 1. The fourth-order valence-corrected chi connectivity index (χ4v) is 2.24. The number of hydrogen-bond acceptors (Lipinski definition) is 0. The summed E-state index contributed by atoms with van der Waals surface area (Å²) >= 11 is 3.48. The van der Waals surface area contributed by atoms with E-state index in [2.05, 4.69) is 22.9 Å². The van der Waals surface area contributed by atoms with Gasteiger partial charge in [0.25, 0.3) is 0 Å². The van der Waals surface area contributed by atoms with Crippen molar-refractivity contribution in [3.05, 3.63) is 35.6 Å². The van der Waals surface area contributed by atoms with E-state index in [0.717, 1.165) is 17.3 Å². The lowest BCUT2D eigenvalue weighted by atomic mass is 9.95. The Morgan fingerprint density at radius 1 is 1.43 bits per heavy atom. The van der Waals surface area contributed by atoms with E-state index in [1.807, 2.05) is 6.07 Å². The second-order valence-corrected chi connectivity index (χ2v) is 4.20. The zero-order valence-corrected chi connectivity index (χ0v) is 10.1. The molecular weight excluding hydrogens is 243 g/mol. The minimum Gasteiger partial charge on any atom is -0.207 e. The molecule has 0 aliphatic rings. The Morgan fingerprint density at radius 2 is 2.21 bits per heavy atom. The first-order valence-corrected chi connectivity index (χ1v) is 6.21. The summed E-state index contributed by atoms with van der Waals surface area (Å²) in [5, 5.41) is 0.913. The van der Waals surface area contributed by atoms with Crippen LogP contribution >= 0.6 is 15.9 Å². The summed E-state index contributed by atoms with van der Waals surface area (Å²) in [5.41, 5.74) is 1.11. The number of rotatable bonds is 5. The quantitative estimate of drug-likeness (QED) is 0.683. The smallest absolute Gasteiger partial charge is 0.123 e. The third-order valence-corrected chi connectivity index (χ3v) is 3.19. The lowest BCUT2D eigenvalue weighted by Crippen LogP contribution is -2.00. The predicted octanol–water partition coefficient (Wildman–Crippen LogP) is 4.49. The molecule has 0 heterocycles. The van der Waals surface area contributed by atoms with Crippen LogP contribution in [0.5, 0.6) is 0 Å². The molecule has 1 aromatic rings. The summed E-state index contributed by atoms with van der Waals surface area (Å²) in [6.45, 7) is 2.18. The van der Waals surface area contributed by atoms with Crippen molar-refractivity contribution in [2.75, 3.05) is 5.33 Å². The Hall–Kier alpha value is -0.370. The number of hydrogen-bond donors (Lipinski definition) is 0. The van der Waals surface area contributed by atoms with Gasteiger partial charge >= 0.3 is 0 Å². The molecule has 0 spiro atoms. The van der Waals surface area contributed by atoms with Crippen molar-refractivity contribution in [1.29, 1.82) is 0 Å². The van der Waals surface area contributed by atoms with Gasteiger partial charge < -0.3 is 0 Å². The van der Waals surface area contributed by atoms with Gasteiger partial charge in [0.15, 0.2) is 0 Å². The highest BCUT2D eigenvalue weighted by atomic mass is 79.9. The average Bonchev–Trinajstić information content (AvgIpc) is 2.19. The van der Waals surface area contributed by atoms with Crippen molar-refractivity contribution < 1.29 is 4.39 Å². The molecule has 14 heavy (non-hydrogen) atoms. The van der Waals surface area contributed by atoms with Crippen LogP contribution in [-0.4, -0.2) is 5.33 Å². The van der Waals surface area contributed by atoms with Crippen LogP contribution in [0.25, 0.3) is 0 Å². The highest BCUT2D eigenvalue weighted by Gasteiger charge is 2.09. The molecule has 1 rings (SSSR count).